The summed E-state index contributed by atoms with van der Waals surface area (Å²) in [5.41, 5.74) is 4.97. The molecule has 5 aromatic rings. The van der Waals surface area contributed by atoms with Crippen LogP contribution in [0.5, 0.6) is 0 Å². The predicted octanol–water partition coefficient (Wildman–Crippen LogP) is 5.38. The third kappa shape index (κ3) is 4.31. The lowest BCUT2D eigenvalue weighted by molar-refractivity contribution is -0.143. The van der Waals surface area contributed by atoms with Gasteiger partial charge in [-0.1, -0.05) is 35.9 Å². The minimum absolute atomic E-state index is 0.0547. The molecule has 0 aliphatic carbocycles. The molecule has 0 aliphatic rings. The summed E-state index contributed by atoms with van der Waals surface area (Å²) in [6.07, 6.45) is 0.261. The maximum atomic E-state index is 14.2. The number of anilines is 2. The highest BCUT2D eigenvalue weighted by Gasteiger charge is 2.41. The van der Waals surface area contributed by atoms with Crippen molar-refractivity contribution in [3.8, 4) is 16.9 Å². The molecular formula is C24H15ClF3N7O. The van der Waals surface area contributed by atoms with E-state index in [0.717, 1.165) is 6.20 Å². The lowest BCUT2D eigenvalue weighted by Crippen LogP contribution is -2.21. The second-order valence-electron chi connectivity index (χ2n) is 7.65. The van der Waals surface area contributed by atoms with E-state index in [-0.39, 0.29) is 22.3 Å². The quantitative estimate of drug-likeness (QED) is 0.336. The molecular weight excluding hydrogens is 495 g/mol. The second-order valence-corrected chi connectivity index (χ2v) is 8.05. The van der Waals surface area contributed by atoms with E-state index in [1.165, 1.54) is 30.7 Å². The summed E-state index contributed by atoms with van der Waals surface area (Å²) in [5.74, 6) is -0.948. The summed E-state index contributed by atoms with van der Waals surface area (Å²) in [4.78, 5) is 24.9. The third-order valence-corrected chi connectivity index (χ3v) is 5.65. The van der Waals surface area contributed by atoms with Crippen LogP contribution in [0.25, 0.3) is 27.7 Å². The Bertz CT molecular complexity index is 1610. The van der Waals surface area contributed by atoms with Crippen LogP contribution in [0.3, 0.4) is 0 Å². The number of hydrogen-bond donors (Lipinski definition) is 2. The summed E-state index contributed by atoms with van der Waals surface area (Å²) in [6.45, 7) is 0. The Morgan fingerprint density at radius 2 is 1.86 bits per heavy atom. The topological polar surface area (TPSA) is 112 Å². The number of fused-ring (bicyclic) bond motifs is 1. The van der Waals surface area contributed by atoms with Gasteiger partial charge in [0.05, 0.1) is 34.4 Å². The minimum Gasteiger partial charge on any atom is -0.368 e. The van der Waals surface area contributed by atoms with E-state index >= 15 is 0 Å². The highest BCUT2D eigenvalue weighted by molar-refractivity contribution is 6.33. The van der Waals surface area contributed by atoms with Crippen molar-refractivity contribution in [1.29, 1.82) is 0 Å². The molecule has 0 spiro atoms. The highest BCUT2D eigenvalue weighted by Crippen LogP contribution is 2.36. The van der Waals surface area contributed by atoms with Gasteiger partial charge in [-0.25, -0.2) is 14.6 Å². The molecule has 0 bridgehead atoms. The first kappa shape index (κ1) is 23.2. The van der Waals surface area contributed by atoms with Gasteiger partial charge >= 0.3 is 6.18 Å². The van der Waals surface area contributed by atoms with Crippen molar-refractivity contribution >= 4 is 39.9 Å². The maximum absolute atomic E-state index is 14.2. The molecule has 0 radical (unpaired) electrons. The third-order valence-electron chi connectivity index (χ3n) is 5.33. The Morgan fingerprint density at radius 3 is 2.61 bits per heavy atom. The van der Waals surface area contributed by atoms with Crippen LogP contribution in [0, 0.1) is 0 Å². The molecule has 8 nitrogen and oxygen atoms in total. The van der Waals surface area contributed by atoms with Crippen molar-refractivity contribution in [2.45, 2.75) is 6.18 Å². The zero-order chi connectivity index (χ0) is 25.4. The number of hydrogen-bond acceptors (Lipinski definition) is 6. The SMILES string of the molecule is Nc1nccc(-c2ccc(NC(=O)c3cnn(-c4cncc5ccccc45)c3C(F)(F)F)cc2Cl)n1. The van der Waals surface area contributed by atoms with Gasteiger partial charge in [0.2, 0.25) is 5.95 Å². The van der Waals surface area contributed by atoms with E-state index in [1.807, 2.05) is 0 Å². The number of alkyl halides is 3. The van der Waals surface area contributed by atoms with Crippen molar-refractivity contribution in [3.63, 3.8) is 0 Å². The fraction of sp³-hybridized carbons (Fsp3) is 0.0417. The second kappa shape index (κ2) is 8.93. The standard InChI is InChI=1S/C24H15ClF3N7O/c25-18-9-14(5-6-16(18)19-7-8-31-23(29)34-19)33-22(36)17-11-32-35(21(17)24(26,27)28)20-12-30-10-13-3-1-2-4-15(13)20/h1-12H,(H,33,36)(H2,29,31,34). The maximum Gasteiger partial charge on any atom is 0.434 e. The number of aromatic nitrogens is 5. The lowest BCUT2D eigenvalue weighted by Gasteiger charge is -2.14. The van der Waals surface area contributed by atoms with Crippen LogP contribution in [0.4, 0.5) is 24.8 Å². The Hall–Kier alpha value is -4.51. The van der Waals surface area contributed by atoms with Gasteiger partial charge in [-0.15, -0.1) is 0 Å². The predicted molar refractivity (Wildman–Crippen MR) is 129 cm³/mol. The van der Waals surface area contributed by atoms with Crippen LogP contribution >= 0.6 is 11.6 Å². The number of rotatable bonds is 4. The molecule has 36 heavy (non-hydrogen) atoms. The van der Waals surface area contributed by atoms with Crippen LogP contribution in [-0.2, 0) is 6.18 Å². The summed E-state index contributed by atoms with van der Waals surface area (Å²) in [5, 5.41) is 7.68. The molecule has 0 unspecified atom stereocenters. The molecule has 3 aromatic heterocycles. The van der Waals surface area contributed by atoms with E-state index in [4.69, 9.17) is 17.3 Å². The zero-order valence-corrected chi connectivity index (χ0v) is 18.9. The van der Waals surface area contributed by atoms with Crippen LogP contribution in [0.2, 0.25) is 5.02 Å². The number of carbonyl (C=O) groups excluding carboxylic acids is 1. The number of nitrogen functional groups attached to an aromatic ring is 1. The largest absolute Gasteiger partial charge is 0.434 e. The number of benzene rings is 2. The van der Waals surface area contributed by atoms with Crippen molar-refractivity contribution in [2.75, 3.05) is 11.1 Å². The summed E-state index contributed by atoms with van der Waals surface area (Å²) in [6, 6.07) is 12.9. The molecule has 5 rings (SSSR count). The van der Waals surface area contributed by atoms with E-state index in [0.29, 0.717) is 26.7 Å². The van der Waals surface area contributed by atoms with Gasteiger partial charge in [-0.2, -0.15) is 18.3 Å². The molecule has 1 amide bonds. The normalized spacial score (nSPS) is 11.6. The molecule has 0 aliphatic heterocycles. The number of nitrogens with one attached hydrogen (secondary N) is 1. The van der Waals surface area contributed by atoms with E-state index in [1.54, 1.807) is 36.4 Å². The minimum atomic E-state index is -4.88. The summed E-state index contributed by atoms with van der Waals surface area (Å²) < 4.78 is 43.2. The number of carbonyl (C=O) groups is 1. The van der Waals surface area contributed by atoms with Gasteiger partial charge < -0.3 is 11.1 Å². The van der Waals surface area contributed by atoms with Crippen molar-refractivity contribution < 1.29 is 18.0 Å². The molecule has 0 saturated carbocycles. The van der Waals surface area contributed by atoms with Gasteiger partial charge in [0.1, 0.15) is 0 Å². The van der Waals surface area contributed by atoms with Crippen molar-refractivity contribution in [1.82, 2.24) is 24.7 Å². The van der Waals surface area contributed by atoms with Crippen LogP contribution in [0.15, 0.2) is 73.3 Å². The van der Waals surface area contributed by atoms with Gasteiger partial charge in [0.25, 0.3) is 5.91 Å². The van der Waals surface area contributed by atoms with E-state index in [2.05, 4.69) is 25.4 Å². The molecule has 12 heteroatoms. The summed E-state index contributed by atoms with van der Waals surface area (Å²) in [7, 11) is 0. The number of amides is 1. The summed E-state index contributed by atoms with van der Waals surface area (Å²) >= 11 is 6.33. The fourth-order valence-corrected chi connectivity index (χ4v) is 4.04. The Kier molecular flexibility index (Phi) is 5.77. The Morgan fingerprint density at radius 1 is 1.06 bits per heavy atom. The monoisotopic (exact) mass is 509 g/mol. The lowest BCUT2D eigenvalue weighted by atomic mass is 10.1. The molecule has 3 N–H and O–H groups in total. The fourth-order valence-electron chi connectivity index (χ4n) is 3.76. The Balaban J connectivity index is 1.51. The van der Waals surface area contributed by atoms with Crippen molar-refractivity contribution in [3.05, 3.63) is 89.6 Å². The van der Waals surface area contributed by atoms with Gasteiger partial charge in [0, 0.05) is 34.4 Å². The number of pyridine rings is 1. The van der Waals surface area contributed by atoms with Gasteiger partial charge in [0.15, 0.2) is 5.69 Å². The van der Waals surface area contributed by atoms with Gasteiger partial charge in [-0.05, 0) is 24.3 Å². The smallest absolute Gasteiger partial charge is 0.368 e. The molecule has 0 fully saturated rings. The Labute approximate surface area is 206 Å². The highest BCUT2D eigenvalue weighted by atomic mass is 35.5. The first-order chi connectivity index (χ1) is 17.2. The van der Waals surface area contributed by atoms with Crippen LogP contribution in [0.1, 0.15) is 16.1 Å². The molecule has 2 aromatic carbocycles. The number of nitrogens with zero attached hydrogens (tertiary/aromatic N) is 5. The molecule has 3 heterocycles. The molecule has 0 atom stereocenters. The van der Waals surface area contributed by atoms with E-state index in [9.17, 15) is 18.0 Å². The van der Waals surface area contributed by atoms with E-state index < -0.39 is 23.3 Å². The number of halogens is 4. The number of nitrogens with two attached hydrogens (primary N) is 1. The van der Waals surface area contributed by atoms with Crippen LogP contribution in [-0.4, -0.2) is 30.6 Å². The molecule has 0 saturated heterocycles. The molecule has 180 valence electrons. The average molecular weight is 510 g/mol. The average Bonchev–Trinajstić information content (AvgIpc) is 3.30. The van der Waals surface area contributed by atoms with Gasteiger partial charge in [-0.3, -0.25) is 9.78 Å². The van der Waals surface area contributed by atoms with Crippen molar-refractivity contribution in [2.24, 2.45) is 0 Å². The first-order valence-corrected chi connectivity index (χ1v) is 10.8. The first-order valence-electron chi connectivity index (χ1n) is 10.4. The zero-order valence-electron chi connectivity index (χ0n) is 18.2. The van der Waals surface area contributed by atoms with Crippen LogP contribution < -0.4 is 11.1 Å².